The molecule has 1 unspecified atom stereocenters. The Hall–Kier alpha value is -1.66. The van der Waals surface area contributed by atoms with Crippen molar-refractivity contribution < 1.29 is 4.74 Å². The lowest BCUT2D eigenvalue weighted by atomic mass is 10.1. The van der Waals surface area contributed by atoms with Crippen LogP contribution in [0.4, 0.5) is 0 Å². The van der Waals surface area contributed by atoms with Gasteiger partial charge in [-0.1, -0.05) is 37.3 Å². The smallest absolute Gasteiger partial charge is 0.214 e. The predicted molar refractivity (Wildman–Crippen MR) is 79.0 cm³/mol. The van der Waals surface area contributed by atoms with Crippen LogP contribution in [0, 0.1) is 0 Å². The average molecular weight is 288 g/mol. The van der Waals surface area contributed by atoms with Gasteiger partial charge in [0.2, 0.25) is 5.16 Å². The molecule has 20 heavy (non-hydrogen) atoms. The molecule has 0 amide bonds. The molecule has 0 spiro atoms. The van der Waals surface area contributed by atoms with Gasteiger partial charge in [-0.3, -0.25) is 0 Å². The quantitative estimate of drug-likeness (QED) is 0.867. The molecule has 0 radical (unpaired) electrons. The molecule has 0 aliphatic carbocycles. The Morgan fingerprint density at radius 2 is 2.05 bits per heavy atom. The van der Waals surface area contributed by atoms with Crippen LogP contribution in [0.1, 0.15) is 24.7 Å². The Morgan fingerprint density at radius 3 is 2.75 bits per heavy atom. The minimum atomic E-state index is -0.149. The van der Waals surface area contributed by atoms with Gasteiger partial charge in [0.15, 0.2) is 11.3 Å². The fourth-order valence-electron chi connectivity index (χ4n) is 2.12. The summed E-state index contributed by atoms with van der Waals surface area (Å²) in [5, 5.41) is 13.9. The van der Waals surface area contributed by atoms with Gasteiger partial charge in [-0.05, 0) is 18.2 Å². The van der Waals surface area contributed by atoms with Gasteiger partial charge in [0.25, 0.3) is 0 Å². The lowest BCUT2D eigenvalue weighted by Gasteiger charge is -2.21. The first-order valence-corrected chi connectivity index (χ1v) is 7.49. The van der Waals surface area contributed by atoms with E-state index in [4.69, 9.17) is 9.84 Å². The summed E-state index contributed by atoms with van der Waals surface area (Å²) in [6, 6.07) is 10.1. The van der Waals surface area contributed by atoms with Crippen LogP contribution in [-0.4, -0.2) is 33.1 Å². The molecule has 2 heterocycles. The molecule has 1 aliphatic rings. The molecule has 1 aromatic heterocycles. The number of fused-ring (bicyclic) bond motifs is 1. The Labute approximate surface area is 122 Å². The van der Waals surface area contributed by atoms with Gasteiger partial charge in [-0.25, -0.2) is 0 Å². The summed E-state index contributed by atoms with van der Waals surface area (Å²) in [5.41, 5.74) is 1.82. The van der Waals surface area contributed by atoms with Crippen molar-refractivity contribution in [3.8, 4) is 0 Å². The van der Waals surface area contributed by atoms with Crippen LogP contribution < -0.4 is 0 Å². The van der Waals surface area contributed by atoms with E-state index in [1.54, 1.807) is 18.9 Å². The minimum Gasteiger partial charge on any atom is -0.364 e. The number of nitrogens with zero attached hydrogens (tertiary/aromatic N) is 4. The number of aryl methyl sites for hydroxylation is 1. The first-order chi connectivity index (χ1) is 9.83. The maximum absolute atomic E-state index is 5.54. The average Bonchev–Trinajstić information content (AvgIpc) is 2.89. The first kappa shape index (κ1) is 13.3. The standard InChI is InChI=1S/C14H16N4OS/c1-3-7-11-15-16-14-18(11)17-12(13(19-2)20-14)10-8-5-4-6-9-10/h4-6,8-9,13H,3,7H2,1-2H3. The van der Waals surface area contributed by atoms with E-state index >= 15 is 0 Å². The van der Waals surface area contributed by atoms with E-state index in [9.17, 15) is 0 Å². The second-order valence-electron chi connectivity index (χ2n) is 4.50. The molecule has 1 aliphatic heterocycles. The molecule has 6 heteroatoms. The molecule has 0 saturated carbocycles. The highest BCUT2D eigenvalue weighted by molar-refractivity contribution is 8.00. The maximum atomic E-state index is 5.54. The largest absolute Gasteiger partial charge is 0.364 e. The van der Waals surface area contributed by atoms with Gasteiger partial charge in [-0.15, -0.1) is 10.2 Å². The Morgan fingerprint density at radius 1 is 1.25 bits per heavy atom. The summed E-state index contributed by atoms with van der Waals surface area (Å²) in [6.07, 6.45) is 1.89. The third-order valence-corrected chi connectivity index (χ3v) is 4.17. The second kappa shape index (κ2) is 5.76. The molecule has 5 nitrogen and oxygen atoms in total. The van der Waals surface area contributed by atoms with Crippen LogP contribution >= 0.6 is 11.8 Å². The van der Waals surface area contributed by atoms with E-state index in [1.807, 2.05) is 35.0 Å². The molecular formula is C14H16N4OS. The van der Waals surface area contributed by atoms with E-state index in [0.717, 1.165) is 35.1 Å². The highest BCUT2D eigenvalue weighted by Gasteiger charge is 2.28. The van der Waals surface area contributed by atoms with Crippen molar-refractivity contribution in [2.24, 2.45) is 5.10 Å². The zero-order valence-electron chi connectivity index (χ0n) is 11.5. The molecule has 2 aromatic rings. The second-order valence-corrected chi connectivity index (χ2v) is 5.53. The van der Waals surface area contributed by atoms with Crippen molar-refractivity contribution in [3.05, 3.63) is 41.7 Å². The summed E-state index contributed by atoms with van der Waals surface area (Å²) in [4.78, 5) is 0. The molecule has 0 fully saturated rings. The highest BCUT2D eigenvalue weighted by Crippen LogP contribution is 2.30. The first-order valence-electron chi connectivity index (χ1n) is 6.61. The van der Waals surface area contributed by atoms with Crippen LogP contribution in [0.5, 0.6) is 0 Å². The van der Waals surface area contributed by atoms with Crippen LogP contribution in [-0.2, 0) is 11.2 Å². The number of hydrogen-bond acceptors (Lipinski definition) is 5. The van der Waals surface area contributed by atoms with Crippen molar-refractivity contribution in [2.75, 3.05) is 7.11 Å². The monoisotopic (exact) mass is 288 g/mol. The van der Waals surface area contributed by atoms with Gasteiger partial charge < -0.3 is 4.74 Å². The number of thioether (sulfide) groups is 1. The number of rotatable bonds is 4. The Kier molecular flexibility index (Phi) is 3.84. The van der Waals surface area contributed by atoms with Crippen molar-refractivity contribution in [1.82, 2.24) is 14.9 Å². The summed E-state index contributed by atoms with van der Waals surface area (Å²) >= 11 is 1.54. The summed E-state index contributed by atoms with van der Waals surface area (Å²) in [6.45, 7) is 2.12. The van der Waals surface area contributed by atoms with Gasteiger partial charge in [0.05, 0.1) is 0 Å². The van der Waals surface area contributed by atoms with Gasteiger partial charge >= 0.3 is 0 Å². The van der Waals surface area contributed by atoms with E-state index in [1.165, 1.54) is 0 Å². The number of aromatic nitrogens is 3. The van der Waals surface area contributed by atoms with Gasteiger partial charge in [0.1, 0.15) is 5.71 Å². The highest BCUT2D eigenvalue weighted by atomic mass is 32.2. The Balaban J connectivity index is 2.06. The third kappa shape index (κ3) is 2.36. The van der Waals surface area contributed by atoms with Crippen molar-refractivity contribution in [3.63, 3.8) is 0 Å². The van der Waals surface area contributed by atoms with Crippen LogP contribution in [0.15, 0.2) is 40.6 Å². The fraction of sp³-hybridized carbons (Fsp3) is 0.357. The minimum absolute atomic E-state index is 0.149. The van der Waals surface area contributed by atoms with Crippen LogP contribution in [0.3, 0.4) is 0 Å². The summed E-state index contributed by atoms with van der Waals surface area (Å²) in [5.74, 6) is 0.901. The summed E-state index contributed by atoms with van der Waals surface area (Å²) < 4.78 is 7.37. The zero-order valence-corrected chi connectivity index (χ0v) is 12.3. The van der Waals surface area contributed by atoms with E-state index in [-0.39, 0.29) is 5.44 Å². The number of ether oxygens (including phenoxy) is 1. The number of methoxy groups -OCH3 is 1. The molecule has 0 bridgehead atoms. The molecule has 3 rings (SSSR count). The number of benzene rings is 1. The lowest BCUT2D eigenvalue weighted by molar-refractivity contribution is 0.218. The SMILES string of the molecule is CCCc1nnc2n1N=C(c1ccccc1)C(OC)S2. The molecule has 0 saturated heterocycles. The van der Waals surface area contributed by atoms with Crippen molar-refractivity contribution >= 4 is 17.5 Å². The van der Waals surface area contributed by atoms with Crippen LogP contribution in [0.25, 0.3) is 0 Å². The summed E-state index contributed by atoms with van der Waals surface area (Å²) in [7, 11) is 1.69. The molecule has 104 valence electrons. The van der Waals surface area contributed by atoms with Crippen molar-refractivity contribution in [1.29, 1.82) is 0 Å². The zero-order chi connectivity index (χ0) is 13.9. The van der Waals surface area contributed by atoms with Gasteiger partial charge in [-0.2, -0.15) is 9.78 Å². The molecule has 0 N–H and O–H groups in total. The topological polar surface area (TPSA) is 52.3 Å². The van der Waals surface area contributed by atoms with Crippen LogP contribution in [0.2, 0.25) is 0 Å². The molecule has 1 aromatic carbocycles. The molecule has 1 atom stereocenters. The normalized spacial score (nSPS) is 17.7. The van der Waals surface area contributed by atoms with Gasteiger partial charge in [0, 0.05) is 19.1 Å². The maximum Gasteiger partial charge on any atom is 0.214 e. The van der Waals surface area contributed by atoms with Crippen molar-refractivity contribution in [2.45, 2.75) is 30.4 Å². The fourth-order valence-corrected chi connectivity index (χ4v) is 3.03. The third-order valence-electron chi connectivity index (χ3n) is 3.08. The van der Waals surface area contributed by atoms with E-state index in [0.29, 0.717) is 0 Å². The Bertz CT molecular complexity index is 623. The molecular weight excluding hydrogens is 272 g/mol. The predicted octanol–water partition coefficient (Wildman–Crippen LogP) is 2.56. The number of hydrogen-bond donors (Lipinski definition) is 0. The van der Waals surface area contributed by atoms with E-state index in [2.05, 4.69) is 17.1 Å². The lowest BCUT2D eigenvalue weighted by Crippen LogP contribution is -2.26. The van der Waals surface area contributed by atoms with E-state index < -0.39 is 0 Å².